The predicted octanol–water partition coefficient (Wildman–Crippen LogP) is 13.4. The van der Waals surface area contributed by atoms with E-state index in [1.165, 1.54) is 70.9 Å². The summed E-state index contributed by atoms with van der Waals surface area (Å²) < 4.78 is 2.43. The van der Waals surface area contributed by atoms with Gasteiger partial charge in [0.15, 0.2) is 0 Å². The number of hydrogen-bond acceptors (Lipinski definition) is 1. The van der Waals surface area contributed by atoms with Crippen molar-refractivity contribution >= 4 is 71.2 Å². The van der Waals surface area contributed by atoms with Crippen molar-refractivity contribution in [1.29, 1.82) is 0 Å². The molecule has 0 amide bonds. The Kier molecular flexibility index (Phi) is 6.53. The van der Waals surface area contributed by atoms with E-state index in [1.54, 1.807) is 0 Å². The van der Waals surface area contributed by atoms with Crippen LogP contribution in [0.3, 0.4) is 0 Å². The van der Waals surface area contributed by atoms with Gasteiger partial charge in [-0.3, -0.25) is 0 Å². The van der Waals surface area contributed by atoms with Gasteiger partial charge in [-0.15, -0.1) is 0 Å². The zero-order chi connectivity index (χ0) is 33.0. The summed E-state index contributed by atoms with van der Waals surface area (Å²) in [6, 6.07) is 70.5. The molecule has 0 aliphatic carbocycles. The molecule has 0 unspecified atom stereocenters. The summed E-state index contributed by atoms with van der Waals surface area (Å²) in [5.74, 6) is 0. The Balaban J connectivity index is 1.14. The standard InChI is InChI=1S/C48H32N2/c1-3-11-33(12-4-1)35-21-24-40(25-22-35)49(39-15-5-2-6-16-39)41-27-28-43-37(30-41)19-20-38-31-46-44-17-9-10-18-47(44)50(48(46)32-45(38)43)42-26-23-34-13-7-8-14-36(34)29-42/h1-32H. The van der Waals surface area contributed by atoms with Gasteiger partial charge < -0.3 is 9.47 Å². The molecule has 10 rings (SSSR count). The maximum Gasteiger partial charge on any atom is 0.0547 e. The average Bonchev–Trinajstić information content (AvgIpc) is 3.51. The molecule has 50 heavy (non-hydrogen) atoms. The first-order valence-electron chi connectivity index (χ1n) is 17.2. The molecule has 9 aromatic carbocycles. The smallest absolute Gasteiger partial charge is 0.0547 e. The van der Waals surface area contributed by atoms with Crippen LogP contribution in [0.5, 0.6) is 0 Å². The normalized spacial score (nSPS) is 11.6. The van der Waals surface area contributed by atoms with Gasteiger partial charge in [0.1, 0.15) is 0 Å². The highest BCUT2D eigenvalue weighted by Crippen LogP contribution is 2.40. The van der Waals surface area contributed by atoms with Crippen LogP contribution in [0.15, 0.2) is 194 Å². The SMILES string of the molecule is c1ccc(-c2ccc(N(c3ccccc3)c3ccc4c(ccc5cc6c7ccccc7n(-c7ccc8ccccc8c7)c6cc54)c3)cc2)cc1. The van der Waals surface area contributed by atoms with Crippen molar-refractivity contribution < 1.29 is 0 Å². The minimum Gasteiger partial charge on any atom is -0.310 e. The molecular weight excluding hydrogens is 605 g/mol. The third-order valence-electron chi connectivity index (χ3n) is 10.1. The van der Waals surface area contributed by atoms with Gasteiger partial charge in [-0.25, -0.2) is 0 Å². The molecule has 0 saturated carbocycles. The second-order valence-electron chi connectivity index (χ2n) is 13.0. The summed E-state index contributed by atoms with van der Waals surface area (Å²) in [4.78, 5) is 2.35. The van der Waals surface area contributed by atoms with Crippen LogP contribution in [0.1, 0.15) is 0 Å². The van der Waals surface area contributed by atoms with Crippen LogP contribution in [-0.4, -0.2) is 4.57 Å². The summed E-state index contributed by atoms with van der Waals surface area (Å²) >= 11 is 0. The molecule has 10 aromatic rings. The van der Waals surface area contributed by atoms with Crippen LogP contribution in [0, 0.1) is 0 Å². The second-order valence-corrected chi connectivity index (χ2v) is 13.0. The fourth-order valence-electron chi connectivity index (χ4n) is 7.71. The summed E-state index contributed by atoms with van der Waals surface area (Å²) in [6.07, 6.45) is 0. The summed E-state index contributed by atoms with van der Waals surface area (Å²) in [5.41, 5.74) is 9.41. The van der Waals surface area contributed by atoms with Gasteiger partial charge in [-0.05, 0) is 110 Å². The Morgan fingerprint density at radius 2 is 0.920 bits per heavy atom. The molecule has 0 saturated heterocycles. The molecule has 1 heterocycles. The number of hydrogen-bond donors (Lipinski definition) is 0. The lowest BCUT2D eigenvalue weighted by atomic mass is 9.99. The maximum atomic E-state index is 2.43. The van der Waals surface area contributed by atoms with Gasteiger partial charge in [-0.2, -0.15) is 0 Å². The van der Waals surface area contributed by atoms with E-state index in [2.05, 4.69) is 204 Å². The van der Waals surface area contributed by atoms with E-state index in [-0.39, 0.29) is 0 Å². The van der Waals surface area contributed by atoms with E-state index in [0.29, 0.717) is 0 Å². The fourth-order valence-corrected chi connectivity index (χ4v) is 7.71. The molecule has 0 bridgehead atoms. The zero-order valence-electron chi connectivity index (χ0n) is 27.4. The Bertz CT molecular complexity index is 2850. The second kappa shape index (κ2) is 11.5. The summed E-state index contributed by atoms with van der Waals surface area (Å²) in [7, 11) is 0. The first-order valence-corrected chi connectivity index (χ1v) is 17.2. The van der Waals surface area contributed by atoms with Crippen LogP contribution in [0.25, 0.3) is 70.9 Å². The van der Waals surface area contributed by atoms with E-state index in [9.17, 15) is 0 Å². The van der Waals surface area contributed by atoms with Crippen LogP contribution in [0.2, 0.25) is 0 Å². The minimum atomic E-state index is 1.12. The predicted molar refractivity (Wildman–Crippen MR) is 213 cm³/mol. The monoisotopic (exact) mass is 636 g/mol. The lowest BCUT2D eigenvalue weighted by Crippen LogP contribution is -2.09. The molecule has 0 atom stereocenters. The van der Waals surface area contributed by atoms with Gasteiger partial charge in [0.2, 0.25) is 0 Å². The van der Waals surface area contributed by atoms with Gasteiger partial charge in [0, 0.05) is 33.5 Å². The summed E-state index contributed by atoms with van der Waals surface area (Å²) in [6.45, 7) is 0. The molecular formula is C48H32N2. The third-order valence-corrected chi connectivity index (χ3v) is 10.1. The first kappa shape index (κ1) is 28.4. The van der Waals surface area contributed by atoms with Gasteiger partial charge in [0.25, 0.3) is 0 Å². The number of para-hydroxylation sites is 2. The molecule has 0 aliphatic rings. The zero-order valence-corrected chi connectivity index (χ0v) is 27.4. The molecule has 0 fully saturated rings. The van der Waals surface area contributed by atoms with Crippen molar-refractivity contribution in [2.75, 3.05) is 4.90 Å². The van der Waals surface area contributed by atoms with Crippen LogP contribution >= 0.6 is 0 Å². The van der Waals surface area contributed by atoms with Crippen molar-refractivity contribution in [3.8, 4) is 16.8 Å². The highest BCUT2D eigenvalue weighted by atomic mass is 15.1. The molecule has 2 heteroatoms. The number of anilines is 3. The Labute approximate surface area is 290 Å². The van der Waals surface area contributed by atoms with E-state index in [1.807, 2.05) is 0 Å². The van der Waals surface area contributed by atoms with Crippen LogP contribution in [0.4, 0.5) is 17.1 Å². The minimum absolute atomic E-state index is 1.12. The Morgan fingerprint density at radius 3 is 1.74 bits per heavy atom. The number of fused-ring (bicyclic) bond motifs is 7. The molecule has 234 valence electrons. The van der Waals surface area contributed by atoms with Crippen LogP contribution in [-0.2, 0) is 0 Å². The van der Waals surface area contributed by atoms with E-state index in [4.69, 9.17) is 0 Å². The van der Waals surface area contributed by atoms with Crippen LogP contribution < -0.4 is 4.90 Å². The number of rotatable bonds is 5. The molecule has 0 N–H and O–H groups in total. The quantitative estimate of drug-likeness (QED) is 0.171. The number of nitrogens with zero attached hydrogens (tertiary/aromatic N) is 2. The van der Waals surface area contributed by atoms with Crippen molar-refractivity contribution in [2.45, 2.75) is 0 Å². The van der Waals surface area contributed by atoms with Crippen molar-refractivity contribution in [3.63, 3.8) is 0 Å². The summed E-state index contributed by atoms with van der Waals surface area (Å²) in [5, 5.41) is 9.99. The topological polar surface area (TPSA) is 8.17 Å². The van der Waals surface area contributed by atoms with Gasteiger partial charge in [0.05, 0.1) is 11.0 Å². The van der Waals surface area contributed by atoms with Gasteiger partial charge >= 0.3 is 0 Å². The number of aromatic nitrogens is 1. The van der Waals surface area contributed by atoms with E-state index >= 15 is 0 Å². The van der Waals surface area contributed by atoms with Crippen molar-refractivity contribution in [1.82, 2.24) is 4.57 Å². The highest BCUT2D eigenvalue weighted by Gasteiger charge is 2.17. The first-order chi connectivity index (χ1) is 24.8. The maximum absolute atomic E-state index is 2.43. The third kappa shape index (κ3) is 4.65. The lowest BCUT2D eigenvalue weighted by molar-refractivity contribution is 1.19. The molecule has 0 radical (unpaired) electrons. The van der Waals surface area contributed by atoms with Crippen molar-refractivity contribution in [2.24, 2.45) is 0 Å². The highest BCUT2D eigenvalue weighted by molar-refractivity contribution is 6.18. The molecule has 0 spiro atoms. The average molecular weight is 637 g/mol. The van der Waals surface area contributed by atoms with Gasteiger partial charge in [-0.1, -0.05) is 127 Å². The van der Waals surface area contributed by atoms with Crippen molar-refractivity contribution in [3.05, 3.63) is 194 Å². The molecule has 1 aromatic heterocycles. The number of benzene rings is 9. The van der Waals surface area contributed by atoms with E-state index in [0.717, 1.165) is 17.1 Å². The lowest BCUT2D eigenvalue weighted by Gasteiger charge is -2.26. The largest absolute Gasteiger partial charge is 0.310 e. The van der Waals surface area contributed by atoms with E-state index < -0.39 is 0 Å². The Hall–Kier alpha value is -6.64. The Morgan fingerprint density at radius 1 is 0.300 bits per heavy atom. The molecule has 2 nitrogen and oxygen atoms in total. The molecule has 0 aliphatic heterocycles. The fraction of sp³-hybridized carbons (Fsp3) is 0.